The number of ether oxygens (including phenoxy) is 1. The maximum Gasteiger partial charge on any atom is 0.146 e. The molecule has 0 fully saturated rings. The minimum atomic E-state index is -0.188. The van der Waals surface area contributed by atoms with Gasteiger partial charge in [0, 0.05) is 13.0 Å². The Balaban J connectivity index is 1.60. The first-order chi connectivity index (χ1) is 9.72. The Hall–Kier alpha value is -2.03. The molecule has 0 radical (unpaired) electrons. The molecule has 3 rings (SSSR count). The Morgan fingerprint density at radius 2 is 2.10 bits per heavy atom. The highest BCUT2D eigenvalue weighted by atomic mass is 19.1. The fourth-order valence-electron chi connectivity index (χ4n) is 2.50. The number of hydrogen-bond acceptors (Lipinski definition) is 2. The van der Waals surface area contributed by atoms with Gasteiger partial charge in [0.25, 0.3) is 0 Å². The molecule has 104 valence electrons. The predicted octanol–water partition coefficient (Wildman–Crippen LogP) is 3.72. The minimum Gasteiger partial charge on any atom is -0.493 e. The van der Waals surface area contributed by atoms with Crippen molar-refractivity contribution in [3.05, 3.63) is 58.9 Å². The molecule has 1 heterocycles. The number of nitrogens with one attached hydrogen (secondary N) is 1. The molecule has 2 aromatic carbocycles. The summed E-state index contributed by atoms with van der Waals surface area (Å²) in [7, 11) is 0. The number of rotatable bonds is 4. The van der Waals surface area contributed by atoms with Gasteiger partial charge in [-0.15, -0.1) is 0 Å². The monoisotopic (exact) mass is 271 g/mol. The van der Waals surface area contributed by atoms with Gasteiger partial charge in [0.15, 0.2) is 0 Å². The van der Waals surface area contributed by atoms with E-state index >= 15 is 0 Å². The summed E-state index contributed by atoms with van der Waals surface area (Å²) in [5, 5.41) is 3.15. The molecule has 0 unspecified atom stereocenters. The van der Waals surface area contributed by atoms with Crippen molar-refractivity contribution < 1.29 is 9.13 Å². The maximum atomic E-state index is 13.7. The SMILES string of the molecule is Cc1ccc(NCCc2ccc3c(c2)CCO3)c(F)c1. The quantitative estimate of drug-likeness (QED) is 0.915. The van der Waals surface area contributed by atoms with E-state index in [1.807, 2.05) is 19.1 Å². The molecule has 0 spiro atoms. The standard InChI is InChI=1S/C17H18FNO/c1-12-2-4-16(15(18)10-12)19-8-6-13-3-5-17-14(11-13)7-9-20-17/h2-5,10-11,19H,6-9H2,1H3. The molecule has 1 aliphatic heterocycles. The van der Waals surface area contributed by atoms with Gasteiger partial charge in [0.05, 0.1) is 12.3 Å². The Bertz CT molecular complexity index is 624. The zero-order valence-electron chi connectivity index (χ0n) is 11.6. The van der Waals surface area contributed by atoms with Crippen molar-refractivity contribution >= 4 is 5.69 Å². The van der Waals surface area contributed by atoms with Crippen LogP contribution in [0.5, 0.6) is 5.75 Å². The molecular formula is C17H18FNO. The molecule has 3 heteroatoms. The number of fused-ring (bicyclic) bond motifs is 1. The topological polar surface area (TPSA) is 21.3 Å². The van der Waals surface area contributed by atoms with Gasteiger partial charge in [0.2, 0.25) is 0 Å². The van der Waals surface area contributed by atoms with E-state index in [4.69, 9.17) is 4.74 Å². The molecule has 0 atom stereocenters. The number of halogens is 1. The highest BCUT2D eigenvalue weighted by Gasteiger charge is 2.11. The van der Waals surface area contributed by atoms with Crippen LogP contribution in [0.2, 0.25) is 0 Å². The van der Waals surface area contributed by atoms with Crippen molar-refractivity contribution in [2.75, 3.05) is 18.5 Å². The van der Waals surface area contributed by atoms with E-state index in [-0.39, 0.29) is 5.82 Å². The van der Waals surface area contributed by atoms with Gasteiger partial charge < -0.3 is 10.1 Å². The van der Waals surface area contributed by atoms with E-state index < -0.39 is 0 Å². The van der Waals surface area contributed by atoms with E-state index in [2.05, 4.69) is 17.4 Å². The molecule has 2 nitrogen and oxygen atoms in total. The Kier molecular flexibility index (Phi) is 3.59. The fraction of sp³-hybridized carbons (Fsp3) is 0.294. The molecule has 1 aliphatic rings. The summed E-state index contributed by atoms with van der Waals surface area (Å²) >= 11 is 0. The first-order valence-corrected chi connectivity index (χ1v) is 6.97. The molecule has 20 heavy (non-hydrogen) atoms. The molecule has 0 aromatic heterocycles. The zero-order chi connectivity index (χ0) is 13.9. The average molecular weight is 271 g/mol. The largest absolute Gasteiger partial charge is 0.493 e. The lowest BCUT2D eigenvalue weighted by Crippen LogP contribution is -2.06. The van der Waals surface area contributed by atoms with Gasteiger partial charge >= 0.3 is 0 Å². The van der Waals surface area contributed by atoms with Crippen molar-refractivity contribution in [1.29, 1.82) is 0 Å². The van der Waals surface area contributed by atoms with Crippen LogP contribution in [-0.4, -0.2) is 13.2 Å². The van der Waals surface area contributed by atoms with Crippen molar-refractivity contribution in [2.45, 2.75) is 19.8 Å². The number of anilines is 1. The highest BCUT2D eigenvalue weighted by molar-refractivity contribution is 5.46. The summed E-state index contributed by atoms with van der Waals surface area (Å²) in [4.78, 5) is 0. The second-order valence-corrected chi connectivity index (χ2v) is 5.20. The average Bonchev–Trinajstić information content (AvgIpc) is 2.89. The van der Waals surface area contributed by atoms with Crippen LogP contribution < -0.4 is 10.1 Å². The molecule has 0 amide bonds. The van der Waals surface area contributed by atoms with Crippen LogP contribution in [0.1, 0.15) is 16.7 Å². The molecule has 0 aliphatic carbocycles. The summed E-state index contributed by atoms with van der Waals surface area (Å²) < 4.78 is 19.2. The lowest BCUT2D eigenvalue weighted by molar-refractivity contribution is 0.357. The molecule has 0 bridgehead atoms. The Labute approximate surface area is 118 Å². The third-order valence-corrected chi connectivity index (χ3v) is 3.61. The van der Waals surface area contributed by atoms with Crippen LogP contribution in [0, 0.1) is 12.7 Å². The van der Waals surface area contributed by atoms with Crippen LogP contribution in [0.25, 0.3) is 0 Å². The second-order valence-electron chi connectivity index (χ2n) is 5.20. The second kappa shape index (κ2) is 5.53. The molecule has 2 aromatic rings. The fourth-order valence-corrected chi connectivity index (χ4v) is 2.50. The molecule has 0 saturated heterocycles. The van der Waals surface area contributed by atoms with Gasteiger partial charge in [0.1, 0.15) is 11.6 Å². The van der Waals surface area contributed by atoms with Gasteiger partial charge in [-0.25, -0.2) is 4.39 Å². The van der Waals surface area contributed by atoms with Gasteiger partial charge in [-0.05, 0) is 48.2 Å². The van der Waals surface area contributed by atoms with Gasteiger partial charge in [-0.3, -0.25) is 0 Å². The number of hydrogen-bond donors (Lipinski definition) is 1. The van der Waals surface area contributed by atoms with E-state index in [1.54, 1.807) is 12.1 Å². The third-order valence-electron chi connectivity index (χ3n) is 3.61. The Morgan fingerprint density at radius 1 is 1.20 bits per heavy atom. The van der Waals surface area contributed by atoms with Crippen molar-refractivity contribution in [2.24, 2.45) is 0 Å². The summed E-state index contributed by atoms with van der Waals surface area (Å²) in [6.45, 7) is 3.39. The zero-order valence-corrected chi connectivity index (χ0v) is 11.6. The summed E-state index contributed by atoms with van der Waals surface area (Å²) in [6, 6.07) is 11.6. The van der Waals surface area contributed by atoms with Crippen molar-refractivity contribution in [1.82, 2.24) is 0 Å². The van der Waals surface area contributed by atoms with Crippen LogP contribution in [-0.2, 0) is 12.8 Å². The number of benzene rings is 2. The predicted molar refractivity (Wildman–Crippen MR) is 79.0 cm³/mol. The normalized spacial score (nSPS) is 12.9. The van der Waals surface area contributed by atoms with Crippen molar-refractivity contribution in [3.8, 4) is 5.75 Å². The lowest BCUT2D eigenvalue weighted by Gasteiger charge is -2.09. The van der Waals surface area contributed by atoms with E-state index in [0.717, 1.165) is 37.3 Å². The third kappa shape index (κ3) is 2.77. The van der Waals surface area contributed by atoms with E-state index in [0.29, 0.717) is 5.69 Å². The van der Waals surface area contributed by atoms with Gasteiger partial charge in [-0.1, -0.05) is 18.2 Å². The first-order valence-electron chi connectivity index (χ1n) is 6.97. The first kappa shape index (κ1) is 13.0. The summed E-state index contributed by atoms with van der Waals surface area (Å²) in [6.07, 6.45) is 1.86. The molecule has 1 N–H and O–H groups in total. The Morgan fingerprint density at radius 3 is 2.95 bits per heavy atom. The smallest absolute Gasteiger partial charge is 0.146 e. The molecular weight excluding hydrogens is 253 g/mol. The van der Waals surface area contributed by atoms with Crippen LogP contribution in [0.3, 0.4) is 0 Å². The lowest BCUT2D eigenvalue weighted by atomic mass is 10.1. The van der Waals surface area contributed by atoms with Crippen molar-refractivity contribution in [3.63, 3.8) is 0 Å². The molecule has 0 saturated carbocycles. The van der Waals surface area contributed by atoms with Gasteiger partial charge in [-0.2, -0.15) is 0 Å². The maximum absolute atomic E-state index is 13.7. The van der Waals surface area contributed by atoms with E-state index in [1.165, 1.54) is 11.1 Å². The number of aryl methyl sites for hydroxylation is 1. The van der Waals surface area contributed by atoms with Crippen LogP contribution in [0.15, 0.2) is 36.4 Å². The van der Waals surface area contributed by atoms with E-state index in [9.17, 15) is 4.39 Å². The summed E-state index contributed by atoms with van der Waals surface area (Å²) in [5.41, 5.74) is 4.05. The minimum absolute atomic E-state index is 0.188. The summed E-state index contributed by atoms with van der Waals surface area (Å²) in [5.74, 6) is 0.818. The highest BCUT2D eigenvalue weighted by Crippen LogP contribution is 2.26. The van der Waals surface area contributed by atoms with Crippen LogP contribution in [0.4, 0.5) is 10.1 Å². The van der Waals surface area contributed by atoms with Crippen LogP contribution >= 0.6 is 0 Å².